The fourth-order valence-corrected chi connectivity index (χ4v) is 8.35. The smallest absolute Gasteiger partial charge is 0.316 e. The van der Waals surface area contributed by atoms with Crippen LogP contribution in [0.3, 0.4) is 0 Å². The van der Waals surface area contributed by atoms with Crippen LogP contribution in [0.5, 0.6) is 0 Å². The molecule has 3 rings (SSSR count). The molecule has 0 spiro atoms. The fourth-order valence-electron chi connectivity index (χ4n) is 7.58. The van der Waals surface area contributed by atoms with Crippen LogP contribution in [0.25, 0.3) is 0 Å². The molecule has 194 valence electrons. The normalized spacial score (nSPS) is 42.1. The van der Waals surface area contributed by atoms with Crippen molar-refractivity contribution in [1.82, 2.24) is 4.90 Å². The number of aliphatic hydroxyl groups is 1. The van der Waals surface area contributed by atoms with E-state index in [-0.39, 0.29) is 29.1 Å². The summed E-state index contributed by atoms with van der Waals surface area (Å²) in [5, 5.41) is 11.6. The number of hydrogen-bond acceptors (Lipinski definition) is 6. The van der Waals surface area contributed by atoms with Crippen molar-refractivity contribution in [3.63, 3.8) is 0 Å². The summed E-state index contributed by atoms with van der Waals surface area (Å²) >= 11 is 1.61. The molecule has 0 heterocycles. The summed E-state index contributed by atoms with van der Waals surface area (Å²) in [4.78, 5) is 28.9. The number of hydrogen-bond donors (Lipinski definition) is 1. The van der Waals surface area contributed by atoms with Crippen LogP contribution in [0, 0.1) is 34.0 Å². The number of rotatable bonds is 9. The molecule has 6 heteroatoms. The molecule has 3 fully saturated rings. The van der Waals surface area contributed by atoms with Crippen LogP contribution in [0.1, 0.15) is 73.6 Å². The Kier molecular flexibility index (Phi) is 8.68. The molecule has 3 aliphatic carbocycles. The van der Waals surface area contributed by atoms with Crippen LogP contribution in [-0.2, 0) is 14.3 Å². The van der Waals surface area contributed by atoms with Gasteiger partial charge in [0.25, 0.3) is 0 Å². The highest BCUT2D eigenvalue weighted by Gasteiger charge is 2.68. The maximum atomic E-state index is 13.4. The number of carbonyl (C=O) groups is 2. The number of esters is 1. The zero-order chi connectivity index (χ0) is 25.3. The zero-order valence-electron chi connectivity index (χ0n) is 22.3. The molecule has 0 amide bonds. The van der Waals surface area contributed by atoms with Crippen molar-refractivity contribution in [2.75, 3.05) is 31.1 Å². The van der Waals surface area contributed by atoms with Gasteiger partial charge < -0.3 is 14.7 Å². The maximum absolute atomic E-state index is 13.4. The van der Waals surface area contributed by atoms with Gasteiger partial charge in [0.05, 0.1) is 11.9 Å². The molecule has 34 heavy (non-hydrogen) atoms. The molecule has 1 N–H and O–H groups in total. The van der Waals surface area contributed by atoms with Crippen LogP contribution >= 0.6 is 11.8 Å². The van der Waals surface area contributed by atoms with Crippen molar-refractivity contribution in [3.05, 3.63) is 12.7 Å². The lowest BCUT2D eigenvalue weighted by Gasteiger charge is -2.61. The number of carbonyl (C=O) groups excluding carboxylic acids is 2. The average molecular weight is 494 g/mol. The van der Waals surface area contributed by atoms with Gasteiger partial charge >= 0.3 is 5.97 Å². The number of ether oxygens (including phenoxy) is 1. The standard InChI is InChI=1S/C28H47NO4S/c1-8-26(6)17-22(33-23(31)18-34-16-15-29(9-2)10-3)27(7)19(4)11-13-28(20(5)25(26)32)14-12-21(30)24(27)28/h8,19-20,22,24-25,32H,1,9-18H2,2-7H3/t19-,20-,22+,24-,25-,26+,27-,28-/m0/s1. The van der Waals surface area contributed by atoms with Gasteiger partial charge in [-0.3, -0.25) is 9.59 Å². The molecular weight excluding hydrogens is 446 g/mol. The molecule has 0 unspecified atom stereocenters. The van der Waals surface area contributed by atoms with Crippen LogP contribution in [0.4, 0.5) is 0 Å². The summed E-state index contributed by atoms with van der Waals surface area (Å²) in [5.41, 5.74) is -1.25. The van der Waals surface area contributed by atoms with Gasteiger partial charge in [-0.25, -0.2) is 0 Å². The van der Waals surface area contributed by atoms with Crippen molar-refractivity contribution in [2.24, 2.45) is 34.0 Å². The Balaban J connectivity index is 1.88. The third-order valence-corrected chi connectivity index (χ3v) is 11.2. The number of Topliss-reactive ketones (excluding diaryl/α,β-unsaturated/α-hetero) is 1. The minimum atomic E-state index is -0.624. The Bertz CT molecular complexity index is 770. The molecule has 5 nitrogen and oxygen atoms in total. The van der Waals surface area contributed by atoms with Crippen molar-refractivity contribution in [3.8, 4) is 0 Å². The molecule has 3 saturated carbocycles. The first kappa shape index (κ1) is 27.7. The van der Waals surface area contributed by atoms with Gasteiger partial charge in [0.2, 0.25) is 0 Å². The predicted octanol–water partition coefficient (Wildman–Crippen LogP) is 4.97. The Morgan fingerprint density at radius 3 is 2.56 bits per heavy atom. The van der Waals surface area contributed by atoms with Gasteiger partial charge in [0.15, 0.2) is 0 Å². The van der Waals surface area contributed by atoms with E-state index in [4.69, 9.17) is 4.74 Å². The molecule has 2 bridgehead atoms. The van der Waals surface area contributed by atoms with Crippen molar-refractivity contribution < 1.29 is 19.4 Å². The molecule has 0 saturated heterocycles. The number of aliphatic hydroxyl groups excluding tert-OH is 1. The summed E-state index contributed by atoms with van der Waals surface area (Å²) in [6.45, 7) is 20.0. The molecule has 0 aromatic carbocycles. The SMILES string of the molecule is C=C[C@]1(C)C[C@@H](OC(=O)CSCCN(CC)CC)[C@@]2(C)[C@@H]3C(=O)CC[C@@]3(CC[C@@H]2C)[C@@H](C)[C@@H]1O. The highest BCUT2D eigenvalue weighted by atomic mass is 32.2. The van der Waals surface area contributed by atoms with E-state index < -0.39 is 23.0 Å². The van der Waals surface area contributed by atoms with E-state index in [0.717, 1.165) is 44.6 Å². The van der Waals surface area contributed by atoms with E-state index in [1.165, 1.54) is 0 Å². The predicted molar refractivity (Wildman–Crippen MR) is 140 cm³/mol. The van der Waals surface area contributed by atoms with E-state index in [9.17, 15) is 14.7 Å². The second-order valence-electron chi connectivity index (χ2n) is 11.6. The van der Waals surface area contributed by atoms with Crippen LogP contribution in [-0.4, -0.2) is 65.1 Å². The first-order valence-corrected chi connectivity index (χ1v) is 14.5. The zero-order valence-corrected chi connectivity index (χ0v) is 23.1. The topological polar surface area (TPSA) is 66.8 Å². The quantitative estimate of drug-likeness (QED) is 0.278. The summed E-state index contributed by atoms with van der Waals surface area (Å²) < 4.78 is 6.30. The Hall–Kier alpha value is -0.850. The fraction of sp³-hybridized carbons (Fsp3) is 0.857. The highest BCUT2D eigenvalue weighted by Crippen LogP contribution is 2.67. The van der Waals surface area contributed by atoms with E-state index >= 15 is 0 Å². The van der Waals surface area contributed by atoms with Crippen LogP contribution in [0.2, 0.25) is 0 Å². The summed E-state index contributed by atoms with van der Waals surface area (Å²) in [6.07, 6.45) is 4.64. The lowest BCUT2D eigenvalue weighted by Crippen LogP contribution is -2.63. The van der Waals surface area contributed by atoms with Gasteiger partial charge in [-0.05, 0) is 56.0 Å². The Morgan fingerprint density at radius 2 is 1.94 bits per heavy atom. The molecule has 0 radical (unpaired) electrons. The average Bonchev–Trinajstić information content (AvgIpc) is 3.17. The monoisotopic (exact) mass is 493 g/mol. The Morgan fingerprint density at radius 1 is 1.26 bits per heavy atom. The number of ketones is 1. The van der Waals surface area contributed by atoms with Gasteiger partial charge in [0, 0.05) is 35.5 Å². The van der Waals surface area contributed by atoms with Crippen molar-refractivity contribution in [1.29, 1.82) is 0 Å². The van der Waals surface area contributed by atoms with Gasteiger partial charge in [-0.15, -0.1) is 18.3 Å². The van der Waals surface area contributed by atoms with Gasteiger partial charge in [-0.1, -0.05) is 47.6 Å². The van der Waals surface area contributed by atoms with E-state index in [0.29, 0.717) is 24.4 Å². The molecule has 8 atom stereocenters. The van der Waals surface area contributed by atoms with Gasteiger partial charge in [-0.2, -0.15) is 0 Å². The Labute approximate surface area is 211 Å². The lowest BCUT2D eigenvalue weighted by atomic mass is 9.44. The van der Waals surface area contributed by atoms with Crippen LogP contribution in [0.15, 0.2) is 12.7 Å². The highest BCUT2D eigenvalue weighted by molar-refractivity contribution is 7.99. The number of thioether (sulfide) groups is 1. The molecule has 0 aromatic heterocycles. The third kappa shape index (κ3) is 4.64. The minimum absolute atomic E-state index is 0.00828. The van der Waals surface area contributed by atoms with Gasteiger partial charge in [0.1, 0.15) is 11.9 Å². The first-order chi connectivity index (χ1) is 16.0. The first-order valence-electron chi connectivity index (χ1n) is 13.3. The lowest BCUT2D eigenvalue weighted by molar-refractivity contribution is -0.205. The number of nitrogens with zero attached hydrogens (tertiary/aromatic N) is 1. The summed E-state index contributed by atoms with van der Waals surface area (Å²) in [6, 6.07) is 0. The second-order valence-corrected chi connectivity index (χ2v) is 12.7. The molecule has 3 aliphatic rings. The minimum Gasteiger partial charge on any atom is -0.461 e. The molecule has 0 aromatic rings. The summed E-state index contributed by atoms with van der Waals surface area (Å²) in [5.74, 6) is 1.37. The largest absolute Gasteiger partial charge is 0.461 e. The van der Waals surface area contributed by atoms with Crippen molar-refractivity contribution >= 4 is 23.5 Å². The van der Waals surface area contributed by atoms with Crippen molar-refractivity contribution in [2.45, 2.75) is 85.9 Å². The van der Waals surface area contributed by atoms with Crippen LogP contribution < -0.4 is 0 Å². The molecular formula is C28H47NO4S. The summed E-state index contributed by atoms with van der Waals surface area (Å²) in [7, 11) is 0. The maximum Gasteiger partial charge on any atom is 0.316 e. The van der Waals surface area contributed by atoms with E-state index in [1.807, 2.05) is 13.0 Å². The van der Waals surface area contributed by atoms with E-state index in [2.05, 4.69) is 46.1 Å². The third-order valence-electron chi connectivity index (χ3n) is 10.2. The van der Waals surface area contributed by atoms with E-state index in [1.54, 1.807) is 11.8 Å². The molecule has 0 aliphatic heterocycles. The second kappa shape index (κ2) is 10.6.